The second-order valence-corrected chi connectivity index (χ2v) is 8.14. The number of hydrogen-bond acceptors (Lipinski definition) is 5. The van der Waals surface area contributed by atoms with Gasteiger partial charge in [0, 0.05) is 28.4 Å². The molecular formula is C19H18N2O3S2. The number of fused-ring (bicyclic) bond motifs is 2. The van der Waals surface area contributed by atoms with Gasteiger partial charge in [-0.25, -0.2) is 9.59 Å². The molecule has 1 aliphatic rings. The van der Waals surface area contributed by atoms with E-state index in [4.69, 9.17) is 4.74 Å². The molecule has 26 heavy (non-hydrogen) atoms. The van der Waals surface area contributed by atoms with Crippen LogP contribution in [0.4, 0.5) is 10.5 Å². The van der Waals surface area contributed by atoms with Gasteiger partial charge in [0.2, 0.25) is 0 Å². The van der Waals surface area contributed by atoms with Crippen molar-refractivity contribution < 1.29 is 14.3 Å². The van der Waals surface area contributed by atoms with E-state index in [0.717, 1.165) is 28.7 Å². The lowest BCUT2D eigenvalue weighted by atomic mass is 10.1. The molecule has 3 aromatic rings. The van der Waals surface area contributed by atoms with Gasteiger partial charge in [0.25, 0.3) is 0 Å². The van der Waals surface area contributed by atoms with Crippen LogP contribution in [-0.4, -0.2) is 30.1 Å². The third-order valence-corrected chi connectivity index (χ3v) is 6.46. The molecule has 0 aliphatic carbocycles. The van der Waals surface area contributed by atoms with Crippen LogP contribution in [-0.2, 0) is 17.7 Å². The minimum absolute atomic E-state index is 0.0953. The maximum absolute atomic E-state index is 12.6. The first kappa shape index (κ1) is 17.1. The zero-order valence-corrected chi connectivity index (χ0v) is 15.9. The summed E-state index contributed by atoms with van der Waals surface area (Å²) in [5.41, 5.74) is 1.97. The Bertz CT molecular complexity index is 976. The summed E-state index contributed by atoms with van der Waals surface area (Å²) in [5.74, 6) is -0.306. The molecule has 5 nitrogen and oxygen atoms in total. The monoisotopic (exact) mass is 386 g/mol. The van der Waals surface area contributed by atoms with E-state index in [1.807, 2.05) is 29.2 Å². The Hall–Kier alpha value is -2.38. The number of rotatable bonds is 3. The third kappa shape index (κ3) is 3.32. The lowest BCUT2D eigenvalue weighted by molar-refractivity contribution is 0.0532. The number of thiophene rings is 2. The maximum atomic E-state index is 12.6. The Kier molecular flexibility index (Phi) is 4.65. The fourth-order valence-corrected chi connectivity index (χ4v) is 4.87. The summed E-state index contributed by atoms with van der Waals surface area (Å²) in [6.07, 6.45) is 0.910. The predicted molar refractivity (Wildman–Crippen MR) is 105 cm³/mol. The summed E-state index contributed by atoms with van der Waals surface area (Å²) < 4.78 is 6.04. The van der Waals surface area contributed by atoms with Crippen molar-refractivity contribution in [2.45, 2.75) is 19.9 Å². The standard InChI is InChI=1S/C19H18N2O3S2/c1-2-24-18(22)17-10-13-9-14(3-4-16(13)26-17)20-19(23)21-7-5-15-12(11-21)6-8-25-15/h3-4,6,8-10H,2,5,7,11H2,1H3,(H,20,23). The lowest BCUT2D eigenvalue weighted by Crippen LogP contribution is -2.38. The molecule has 1 N–H and O–H groups in total. The highest BCUT2D eigenvalue weighted by Crippen LogP contribution is 2.29. The second kappa shape index (κ2) is 7.09. The van der Waals surface area contributed by atoms with Gasteiger partial charge in [0.15, 0.2) is 0 Å². The minimum Gasteiger partial charge on any atom is -0.462 e. The average Bonchev–Trinajstić information content (AvgIpc) is 3.27. The molecule has 4 rings (SSSR count). The van der Waals surface area contributed by atoms with Gasteiger partial charge >= 0.3 is 12.0 Å². The van der Waals surface area contributed by atoms with Crippen molar-refractivity contribution in [1.29, 1.82) is 0 Å². The van der Waals surface area contributed by atoms with E-state index in [1.165, 1.54) is 21.8 Å². The number of nitrogens with one attached hydrogen (secondary N) is 1. The number of benzene rings is 1. The number of esters is 1. The van der Waals surface area contributed by atoms with E-state index in [0.29, 0.717) is 18.0 Å². The number of urea groups is 1. The SMILES string of the molecule is CCOC(=O)c1cc2cc(NC(=O)N3CCc4sccc4C3)ccc2s1. The number of anilines is 1. The number of carbonyl (C=O) groups excluding carboxylic acids is 2. The largest absolute Gasteiger partial charge is 0.462 e. The van der Waals surface area contributed by atoms with Gasteiger partial charge < -0.3 is 15.0 Å². The van der Waals surface area contributed by atoms with Gasteiger partial charge in [-0.05, 0) is 60.0 Å². The van der Waals surface area contributed by atoms with Crippen LogP contribution < -0.4 is 5.32 Å². The van der Waals surface area contributed by atoms with Crippen molar-refractivity contribution in [3.05, 3.63) is 51.0 Å². The topological polar surface area (TPSA) is 58.6 Å². The van der Waals surface area contributed by atoms with E-state index >= 15 is 0 Å². The normalized spacial score (nSPS) is 13.5. The minimum atomic E-state index is -0.306. The number of carbonyl (C=O) groups is 2. The molecule has 0 radical (unpaired) electrons. The highest BCUT2D eigenvalue weighted by atomic mass is 32.1. The van der Waals surface area contributed by atoms with Crippen LogP contribution in [0.3, 0.4) is 0 Å². The van der Waals surface area contributed by atoms with E-state index in [2.05, 4.69) is 16.8 Å². The molecule has 1 aromatic carbocycles. The van der Waals surface area contributed by atoms with Crippen LogP contribution in [0.5, 0.6) is 0 Å². The molecule has 0 fully saturated rings. The van der Waals surface area contributed by atoms with Crippen LogP contribution in [0.25, 0.3) is 10.1 Å². The van der Waals surface area contributed by atoms with E-state index < -0.39 is 0 Å². The fraction of sp³-hybridized carbons (Fsp3) is 0.263. The van der Waals surface area contributed by atoms with Crippen LogP contribution in [0.15, 0.2) is 35.7 Å². The Morgan fingerprint density at radius 1 is 1.27 bits per heavy atom. The molecule has 0 saturated carbocycles. The number of hydrogen-bond donors (Lipinski definition) is 1. The Morgan fingerprint density at radius 3 is 3.00 bits per heavy atom. The lowest BCUT2D eigenvalue weighted by Gasteiger charge is -2.27. The molecule has 0 saturated heterocycles. The molecule has 0 spiro atoms. The molecule has 2 aromatic heterocycles. The molecule has 3 heterocycles. The molecule has 0 bridgehead atoms. The highest BCUT2D eigenvalue weighted by molar-refractivity contribution is 7.20. The average molecular weight is 386 g/mol. The van der Waals surface area contributed by atoms with Crippen LogP contribution in [0.2, 0.25) is 0 Å². The van der Waals surface area contributed by atoms with Crippen molar-refractivity contribution in [2.75, 3.05) is 18.5 Å². The van der Waals surface area contributed by atoms with E-state index in [-0.39, 0.29) is 12.0 Å². The third-order valence-electron chi connectivity index (χ3n) is 4.34. The molecule has 0 unspecified atom stereocenters. The van der Waals surface area contributed by atoms with Gasteiger partial charge in [0.1, 0.15) is 4.88 Å². The van der Waals surface area contributed by atoms with Crippen LogP contribution in [0.1, 0.15) is 27.0 Å². The first-order valence-corrected chi connectivity index (χ1v) is 10.2. The van der Waals surface area contributed by atoms with Gasteiger partial charge in [-0.3, -0.25) is 0 Å². The molecule has 134 valence electrons. The summed E-state index contributed by atoms with van der Waals surface area (Å²) in [7, 11) is 0. The Balaban J connectivity index is 1.48. The summed E-state index contributed by atoms with van der Waals surface area (Å²) in [4.78, 5) is 28.2. The number of ether oxygens (including phenoxy) is 1. The van der Waals surface area contributed by atoms with Crippen molar-refractivity contribution in [3.8, 4) is 0 Å². The second-order valence-electron chi connectivity index (χ2n) is 6.05. The highest BCUT2D eigenvalue weighted by Gasteiger charge is 2.21. The predicted octanol–water partition coefficient (Wildman–Crippen LogP) is 4.73. The smallest absolute Gasteiger partial charge is 0.348 e. The number of amides is 2. The summed E-state index contributed by atoms with van der Waals surface area (Å²) >= 11 is 3.16. The quantitative estimate of drug-likeness (QED) is 0.662. The van der Waals surface area contributed by atoms with Crippen molar-refractivity contribution >= 4 is 50.4 Å². The van der Waals surface area contributed by atoms with Crippen LogP contribution in [0, 0.1) is 0 Å². The fourth-order valence-electron chi connectivity index (χ4n) is 3.05. The zero-order chi connectivity index (χ0) is 18.1. The van der Waals surface area contributed by atoms with Crippen molar-refractivity contribution in [2.24, 2.45) is 0 Å². The van der Waals surface area contributed by atoms with Gasteiger partial charge in [-0.2, -0.15) is 0 Å². The summed E-state index contributed by atoms with van der Waals surface area (Å²) in [5, 5.41) is 5.98. The number of nitrogens with zero attached hydrogens (tertiary/aromatic N) is 1. The molecule has 1 aliphatic heterocycles. The van der Waals surface area contributed by atoms with Crippen molar-refractivity contribution in [3.63, 3.8) is 0 Å². The van der Waals surface area contributed by atoms with Crippen LogP contribution >= 0.6 is 22.7 Å². The van der Waals surface area contributed by atoms with Gasteiger partial charge in [-0.15, -0.1) is 22.7 Å². The summed E-state index contributed by atoms with van der Waals surface area (Å²) in [6.45, 7) is 3.53. The molecule has 2 amide bonds. The zero-order valence-electron chi connectivity index (χ0n) is 14.3. The Morgan fingerprint density at radius 2 is 2.15 bits per heavy atom. The molecule has 7 heteroatoms. The molecular weight excluding hydrogens is 368 g/mol. The van der Waals surface area contributed by atoms with E-state index in [1.54, 1.807) is 18.3 Å². The van der Waals surface area contributed by atoms with Crippen molar-refractivity contribution in [1.82, 2.24) is 4.90 Å². The first-order chi connectivity index (χ1) is 12.6. The maximum Gasteiger partial charge on any atom is 0.348 e. The van der Waals surface area contributed by atoms with Gasteiger partial charge in [-0.1, -0.05) is 0 Å². The van der Waals surface area contributed by atoms with Gasteiger partial charge in [0.05, 0.1) is 6.61 Å². The first-order valence-electron chi connectivity index (χ1n) is 8.46. The van der Waals surface area contributed by atoms with E-state index in [9.17, 15) is 9.59 Å². The Labute approximate surface area is 159 Å². The molecule has 0 atom stereocenters. The summed E-state index contributed by atoms with van der Waals surface area (Å²) in [6, 6.07) is 9.49.